The van der Waals surface area contributed by atoms with E-state index in [-0.39, 0.29) is 11.7 Å². The third kappa shape index (κ3) is 3.79. The Kier molecular flexibility index (Phi) is 5.15. The fourth-order valence-corrected chi connectivity index (χ4v) is 4.73. The van der Waals surface area contributed by atoms with Crippen molar-refractivity contribution in [3.05, 3.63) is 76.0 Å². The summed E-state index contributed by atoms with van der Waals surface area (Å²) in [5, 5.41) is 7.31. The number of pyridine rings is 1. The van der Waals surface area contributed by atoms with Crippen LogP contribution in [0.1, 0.15) is 20.9 Å². The van der Waals surface area contributed by atoms with Crippen LogP contribution < -0.4 is 4.90 Å². The lowest BCUT2D eigenvalue weighted by atomic mass is 10.1. The molecule has 1 saturated heterocycles. The number of halogens is 1. The van der Waals surface area contributed by atoms with Crippen LogP contribution in [-0.2, 0) is 6.54 Å². The fraction of sp³-hybridized carbons (Fsp3) is 0.261. The maximum Gasteiger partial charge on any atom is 0.254 e. The largest absolute Gasteiger partial charge is 0.366 e. The van der Waals surface area contributed by atoms with Crippen LogP contribution in [0.4, 0.5) is 10.1 Å². The van der Waals surface area contributed by atoms with Crippen molar-refractivity contribution in [2.45, 2.75) is 13.5 Å². The van der Waals surface area contributed by atoms with Gasteiger partial charge in [-0.2, -0.15) is 5.10 Å². The lowest BCUT2D eigenvalue weighted by Crippen LogP contribution is -2.49. The molecule has 31 heavy (non-hydrogen) atoms. The number of anilines is 1. The smallest absolute Gasteiger partial charge is 0.254 e. The van der Waals surface area contributed by atoms with Gasteiger partial charge in [0.15, 0.2) is 5.65 Å². The van der Waals surface area contributed by atoms with Gasteiger partial charge in [-0.1, -0.05) is 18.2 Å². The van der Waals surface area contributed by atoms with Gasteiger partial charge in [-0.05, 0) is 36.6 Å². The van der Waals surface area contributed by atoms with Gasteiger partial charge in [0.2, 0.25) is 0 Å². The molecule has 0 radical (unpaired) electrons. The first-order chi connectivity index (χ1) is 15.1. The van der Waals surface area contributed by atoms with Crippen molar-refractivity contribution < 1.29 is 9.18 Å². The van der Waals surface area contributed by atoms with E-state index >= 15 is 0 Å². The van der Waals surface area contributed by atoms with Crippen molar-refractivity contribution in [1.29, 1.82) is 0 Å². The zero-order valence-corrected chi connectivity index (χ0v) is 18.0. The fourth-order valence-electron chi connectivity index (χ4n) is 4.04. The van der Waals surface area contributed by atoms with Crippen LogP contribution in [-0.4, -0.2) is 51.8 Å². The summed E-state index contributed by atoms with van der Waals surface area (Å²) in [7, 11) is 0. The van der Waals surface area contributed by atoms with Crippen molar-refractivity contribution >= 4 is 34.0 Å². The minimum atomic E-state index is -0.230. The average Bonchev–Trinajstić information content (AvgIpc) is 3.44. The van der Waals surface area contributed by atoms with Gasteiger partial charge < -0.3 is 9.80 Å². The van der Waals surface area contributed by atoms with E-state index in [1.165, 1.54) is 10.9 Å². The van der Waals surface area contributed by atoms with Crippen LogP contribution in [0.3, 0.4) is 0 Å². The van der Waals surface area contributed by atoms with Gasteiger partial charge >= 0.3 is 0 Å². The highest BCUT2D eigenvalue weighted by molar-refractivity contribution is 7.09. The molecular weight excluding hydrogens is 413 g/mol. The van der Waals surface area contributed by atoms with Gasteiger partial charge in [-0.25, -0.2) is 14.1 Å². The van der Waals surface area contributed by atoms with Gasteiger partial charge in [0, 0.05) is 36.8 Å². The Morgan fingerprint density at radius 1 is 1.13 bits per heavy atom. The Bertz CT molecular complexity index is 1230. The molecule has 3 aromatic heterocycles. The van der Waals surface area contributed by atoms with Crippen LogP contribution in [0.5, 0.6) is 0 Å². The summed E-state index contributed by atoms with van der Waals surface area (Å²) in [6, 6.07) is 12.7. The molecule has 158 valence electrons. The van der Waals surface area contributed by atoms with E-state index in [1.807, 2.05) is 45.0 Å². The summed E-state index contributed by atoms with van der Waals surface area (Å²) < 4.78 is 16.0. The Morgan fingerprint density at radius 2 is 1.94 bits per heavy atom. The standard InChI is InChI=1S/C23H22FN5OS/c1-16-13-18(19-14-25-29(22(19)26-16)15-17-5-4-12-31-17)23(30)28-10-8-27(9-11-28)21-7-3-2-6-20(21)24/h2-7,12-14H,8-11,15H2,1H3. The molecule has 5 rings (SSSR count). The highest BCUT2D eigenvalue weighted by atomic mass is 32.1. The normalized spacial score (nSPS) is 14.4. The Hall–Kier alpha value is -3.26. The molecule has 1 aromatic carbocycles. The van der Waals surface area contributed by atoms with E-state index in [2.05, 4.69) is 16.1 Å². The van der Waals surface area contributed by atoms with Gasteiger partial charge in [-0.15, -0.1) is 11.3 Å². The molecule has 1 amide bonds. The predicted octanol–water partition coefficient (Wildman–Crippen LogP) is 3.95. The maximum atomic E-state index is 14.1. The first-order valence-corrected chi connectivity index (χ1v) is 11.1. The number of para-hydroxylation sites is 1. The summed E-state index contributed by atoms with van der Waals surface area (Å²) in [4.78, 5) is 23.0. The van der Waals surface area contributed by atoms with Gasteiger partial charge in [0.25, 0.3) is 5.91 Å². The summed E-state index contributed by atoms with van der Waals surface area (Å²) >= 11 is 1.67. The zero-order valence-electron chi connectivity index (χ0n) is 17.2. The molecule has 8 heteroatoms. The van der Waals surface area contributed by atoms with E-state index in [0.717, 1.165) is 16.7 Å². The third-order valence-corrected chi connectivity index (χ3v) is 6.47. The number of rotatable bonds is 4. The van der Waals surface area contributed by atoms with E-state index in [4.69, 9.17) is 0 Å². The van der Waals surface area contributed by atoms with Crippen LogP contribution in [0, 0.1) is 12.7 Å². The van der Waals surface area contributed by atoms with E-state index < -0.39 is 0 Å². The highest BCUT2D eigenvalue weighted by Crippen LogP contribution is 2.24. The molecule has 0 spiro atoms. The van der Waals surface area contributed by atoms with E-state index in [0.29, 0.717) is 44.0 Å². The molecule has 0 aliphatic carbocycles. The molecular formula is C23H22FN5OS. The maximum absolute atomic E-state index is 14.1. The van der Waals surface area contributed by atoms with Crippen molar-refractivity contribution in [3.8, 4) is 0 Å². The second kappa shape index (κ2) is 8.11. The second-order valence-electron chi connectivity index (χ2n) is 7.66. The minimum absolute atomic E-state index is 0.0284. The average molecular weight is 436 g/mol. The summed E-state index contributed by atoms with van der Waals surface area (Å²) in [6.07, 6.45) is 1.73. The SMILES string of the molecule is Cc1cc(C(=O)N2CCN(c3ccccc3F)CC2)c2cnn(Cc3cccs3)c2n1. The molecule has 4 heterocycles. The summed E-state index contributed by atoms with van der Waals surface area (Å²) in [5.74, 6) is -0.258. The van der Waals surface area contributed by atoms with E-state index in [1.54, 1.807) is 29.7 Å². The summed E-state index contributed by atoms with van der Waals surface area (Å²) in [6.45, 7) is 4.80. The van der Waals surface area contributed by atoms with Crippen LogP contribution in [0.2, 0.25) is 0 Å². The molecule has 6 nitrogen and oxygen atoms in total. The van der Waals surface area contributed by atoms with Crippen molar-refractivity contribution in [1.82, 2.24) is 19.7 Å². The number of amides is 1. The molecule has 1 fully saturated rings. The molecule has 1 aliphatic rings. The van der Waals surface area contributed by atoms with Gasteiger partial charge in [-0.3, -0.25) is 4.79 Å². The number of fused-ring (bicyclic) bond motifs is 1. The second-order valence-corrected chi connectivity index (χ2v) is 8.69. The lowest BCUT2D eigenvalue weighted by Gasteiger charge is -2.36. The van der Waals surface area contributed by atoms with Crippen molar-refractivity contribution in [2.75, 3.05) is 31.1 Å². The van der Waals surface area contributed by atoms with Crippen LogP contribution in [0.25, 0.3) is 11.0 Å². The number of hydrogen-bond acceptors (Lipinski definition) is 5. The predicted molar refractivity (Wildman–Crippen MR) is 120 cm³/mol. The number of aromatic nitrogens is 3. The Balaban J connectivity index is 1.38. The number of thiophene rings is 1. The number of nitrogens with zero attached hydrogens (tertiary/aromatic N) is 5. The third-order valence-electron chi connectivity index (χ3n) is 5.61. The Morgan fingerprint density at radius 3 is 2.68 bits per heavy atom. The highest BCUT2D eigenvalue weighted by Gasteiger charge is 2.26. The van der Waals surface area contributed by atoms with Crippen LogP contribution >= 0.6 is 11.3 Å². The molecule has 4 aromatic rings. The molecule has 0 saturated carbocycles. The van der Waals surface area contributed by atoms with Crippen LogP contribution in [0.15, 0.2) is 54.0 Å². The number of carbonyl (C=O) groups excluding carboxylic acids is 1. The quantitative estimate of drug-likeness (QED) is 0.487. The number of benzene rings is 1. The minimum Gasteiger partial charge on any atom is -0.366 e. The number of aryl methyl sites for hydroxylation is 1. The lowest BCUT2D eigenvalue weighted by molar-refractivity contribution is 0.0748. The number of hydrogen-bond donors (Lipinski definition) is 0. The van der Waals surface area contributed by atoms with Crippen molar-refractivity contribution in [2.24, 2.45) is 0 Å². The number of piperazine rings is 1. The van der Waals surface area contributed by atoms with Crippen molar-refractivity contribution in [3.63, 3.8) is 0 Å². The molecule has 0 N–H and O–H groups in total. The topological polar surface area (TPSA) is 54.3 Å². The molecule has 0 atom stereocenters. The van der Waals surface area contributed by atoms with Gasteiger partial charge in [0.1, 0.15) is 5.82 Å². The first kappa shape index (κ1) is 19.7. The van der Waals surface area contributed by atoms with Gasteiger partial charge in [0.05, 0.1) is 29.4 Å². The first-order valence-electron chi connectivity index (χ1n) is 10.2. The zero-order chi connectivity index (χ0) is 21.4. The Labute approximate surface area is 183 Å². The van der Waals surface area contributed by atoms with E-state index in [9.17, 15) is 9.18 Å². The number of carbonyl (C=O) groups is 1. The molecule has 0 bridgehead atoms. The monoisotopic (exact) mass is 435 g/mol. The molecule has 0 unspecified atom stereocenters. The summed E-state index contributed by atoms with van der Waals surface area (Å²) in [5.41, 5.74) is 2.72. The molecule has 1 aliphatic heterocycles.